The van der Waals surface area contributed by atoms with E-state index >= 15 is 0 Å². The van der Waals surface area contributed by atoms with Crippen LogP contribution in [0, 0.1) is 0 Å². The van der Waals surface area contributed by atoms with Crippen LogP contribution in [0.1, 0.15) is 6.92 Å². The third kappa shape index (κ3) is 50.8. The van der Waals surface area contributed by atoms with Gasteiger partial charge in [-0.2, -0.15) is 0 Å². The van der Waals surface area contributed by atoms with Gasteiger partial charge in [0.15, 0.2) is 12.1 Å². The summed E-state index contributed by atoms with van der Waals surface area (Å²) < 4.78 is 8.88. The molecule has 0 heterocycles. The predicted octanol–water partition coefficient (Wildman–Crippen LogP) is -3.50. The molecule has 17 heavy (non-hydrogen) atoms. The topological polar surface area (TPSA) is 193 Å². The molecular weight excluding hydrogens is 263 g/mol. The third-order valence-corrected chi connectivity index (χ3v) is 0.708. The first kappa shape index (κ1) is 21.6. The molecule has 10 nitrogen and oxygen atoms in total. The van der Waals surface area contributed by atoms with Gasteiger partial charge >= 0.3 is 7.82 Å². The SMILES string of the molecule is CC(=O)C(O)O.O=CC(O)CO.O=P(O)(O)O. The molecule has 0 saturated heterocycles. The van der Waals surface area contributed by atoms with Crippen LogP contribution in [0.4, 0.5) is 0 Å². The molecule has 1 unspecified atom stereocenters. The van der Waals surface area contributed by atoms with Crippen LogP contribution in [0.2, 0.25) is 0 Å². The zero-order valence-corrected chi connectivity index (χ0v) is 9.64. The van der Waals surface area contributed by atoms with Crippen LogP contribution in [-0.2, 0) is 14.2 Å². The van der Waals surface area contributed by atoms with E-state index in [9.17, 15) is 9.59 Å². The zero-order chi connectivity index (χ0) is 14.6. The molecule has 0 aliphatic rings. The van der Waals surface area contributed by atoms with Crippen LogP contribution in [0.5, 0.6) is 0 Å². The summed E-state index contributed by atoms with van der Waals surface area (Å²) in [6, 6.07) is 0. The smallest absolute Gasteiger partial charge is 0.393 e. The Bertz CT molecular complexity index is 237. The fourth-order valence-corrected chi connectivity index (χ4v) is 0.0430. The number of aliphatic hydroxyl groups excluding tert-OH is 3. The Kier molecular flexibility index (Phi) is 14.9. The van der Waals surface area contributed by atoms with E-state index in [0.717, 1.165) is 6.92 Å². The average Bonchev–Trinajstić information content (AvgIpc) is 2.14. The van der Waals surface area contributed by atoms with E-state index in [4.69, 9.17) is 39.7 Å². The molecule has 7 N–H and O–H groups in total. The Morgan fingerprint density at radius 2 is 1.47 bits per heavy atom. The summed E-state index contributed by atoms with van der Waals surface area (Å²) in [5.74, 6) is -0.630. The molecule has 0 rings (SSSR count). The summed E-state index contributed by atoms with van der Waals surface area (Å²) >= 11 is 0. The number of Topliss-reactive ketones (excluding diaryl/α,β-unsaturated/α-hetero) is 1. The lowest BCUT2D eigenvalue weighted by molar-refractivity contribution is -0.142. The summed E-state index contributed by atoms with van der Waals surface area (Å²) in [6.07, 6.45) is -2.70. The predicted molar refractivity (Wildman–Crippen MR) is 52.3 cm³/mol. The number of phosphoric acid groups is 1. The van der Waals surface area contributed by atoms with Crippen molar-refractivity contribution in [3.05, 3.63) is 0 Å². The number of ketones is 1. The van der Waals surface area contributed by atoms with Crippen LogP contribution < -0.4 is 0 Å². The minimum absolute atomic E-state index is 0.278. The molecule has 0 fully saturated rings. The lowest BCUT2D eigenvalue weighted by atomic mass is 10.4. The third-order valence-electron chi connectivity index (χ3n) is 0.708. The number of carbonyl (C=O) groups excluding carboxylic acids is 2. The van der Waals surface area contributed by atoms with Crippen LogP contribution in [0.25, 0.3) is 0 Å². The quantitative estimate of drug-likeness (QED) is 0.155. The number of aldehydes is 1. The Balaban J connectivity index is -0.000000174. The summed E-state index contributed by atoms with van der Waals surface area (Å²) in [5.41, 5.74) is 0. The van der Waals surface area contributed by atoms with E-state index in [1.807, 2.05) is 0 Å². The lowest BCUT2D eigenvalue weighted by Crippen LogP contribution is -2.14. The van der Waals surface area contributed by atoms with Gasteiger partial charge in [0.2, 0.25) is 6.29 Å². The number of rotatable bonds is 3. The van der Waals surface area contributed by atoms with E-state index in [1.165, 1.54) is 0 Å². The molecule has 1 atom stereocenters. The molecule has 0 aliphatic carbocycles. The van der Waals surface area contributed by atoms with Crippen molar-refractivity contribution < 1.29 is 49.3 Å². The van der Waals surface area contributed by atoms with Crippen molar-refractivity contribution in [2.24, 2.45) is 0 Å². The van der Waals surface area contributed by atoms with Gasteiger partial charge in [-0.25, -0.2) is 4.57 Å². The van der Waals surface area contributed by atoms with Crippen molar-refractivity contribution >= 4 is 19.9 Å². The standard InChI is InChI=1S/2C3H6O3.H3O4P/c4-1-3(6)2-5;1-2(4)3(5)6;1-5(2,3)4/h1,3,5-6H,2H2;3,5-6H,1H3;(H3,1,2,3,4). The fourth-order valence-electron chi connectivity index (χ4n) is 0.0430. The van der Waals surface area contributed by atoms with Crippen molar-refractivity contribution in [3.8, 4) is 0 Å². The molecule has 0 aromatic carbocycles. The maximum Gasteiger partial charge on any atom is 0.466 e. The summed E-state index contributed by atoms with van der Waals surface area (Å²) in [7, 11) is -4.64. The molecule has 0 amide bonds. The van der Waals surface area contributed by atoms with Crippen molar-refractivity contribution in [1.29, 1.82) is 0 Å². The van der Waals surface area contributed by atoms with Crippen molar-refractivity contribution in [2.75, 3.05) is 6.61 Å². The normalized spacial score (nSPS) is 11.6. The van der Waals surface area contributed by atoms with Gasteiger partial charge in [-0.15, -0.1) is 0 Å². The number of carbonyl (C=O) groups is 2. The van der Waals surface area contributed by atoms with Gasteiger partial charge in [-0.3, -0.25) is 4.79 Å². The van der Waals surface area contributed by atoms with Gasteiger partial charge in [-0.05, 0) is 6.92 Å². The summed E-state index contributed by atoms with van der Waals surface area (Å²) in [5, 5.41) is 31.6. The van der Waals surface area contributed by atoms with Crippen molar-refractivity contribution in [1.82, 2.24) is 0 Å². The van der Waals surface area contributed by atoms with Gasteiger partial charge in [-0.1, -0.05) is 0 Å². The minimum Gasteiger partial charge on any atom is -0.393 e. The second-order valence-corrected chi connectivity index (χ2v) is 3.41. The van der Waals surface area contributed by atoms with Gasteiger partial charge in [0.1, 0.15) is 6.10 Å². The van der Waals surface area contributed by atoms with E-state index in [-0.39, 0.29) is 6.29 Å². The molecule has 0 saturated carbocycles. The average molecular weight is 278 g/mol. The highest BCUT2D eigenvalue weighted by molar-refractivity contribution is 7.45. The van der Waals surface area contributed by atoms with Crippen molar-refractivity contribution in [3.63, 3.8) is 0 Å². The van der Waals surface area contributed by atoms with Gasteiger partial charge in [0, 0.05) is 0 Å². The molecule has 11 heteroatoms. The second-order valence-electron chi connectivity index (χ2n) is 2.38. The van der Waals surface area contributed by atoms with Crippen molar-refractivity contribution in [2.45, 2.75) is 19.3 Å². The highest BCUT2D eigenvalue weighted by Gasteiger charge is 2.00. The lowest BCUT2D eigenvalue weighted by Gasteiger charge is -1.90. The highest BCUT2D eigenvalue weighted by atomic mass is 31.2. The Labute approximate surface area is 96.0 Å². The largest absolute Gasteiger partial charge is 0.466 e. The Hall–Kier alpha value is -0.710. The molecule has 0 radical (unpaired) electrons. The second kappa shape index (κ2) is 11.8. The van der Waals surface area contributed by atoms with Gasteiger partial charge < -0.3 is 39.9 Å². The zero-order valence-electron chi connectivity index (χ0n) is 8.74. The fraction of sp³-hybridized carbons (Fsp3) is 0.667. The Morgan fingerprint density at radius 3 is 1.47 bits per heavy atom. The monoisotopic (exact) mass is 278 g/mol. The molecule has 0 bridgehead atoms. The van der Waals surface area contributed by atoms with Gasteiger partial charge in [0.05, 0.1) is 6.61 Å². The molecule has 0 spiro atoms. The molecule has 0 aromatic heterocycles. The first-order valence-electron chi connectivity index (χ1n) is 3.84. The maximum absolute atomic E-state index is 9.64. The van der Waals surface area contributed by atoms with E-state index in [2.05, 4.69) is 0 Å². The van der Waals surface area contributed by atoms with E-state index < -0.39 is 32.6 Å². The minimum atomic E-state index is -4.64. The number of hydrogen-bond acceptors (Lipinski definition) is 7. The maximum atomic E-state index is 9.64. The number of hydrogen-bond donors (Lipinski definition) is 7. The highest BCUT2D eigenvalue weighted by Crippen LogP contribution is 2.25. The summed E-state index contributed by atoms with van der Waals surface area (Å²) in [6.45, 7) is 0.619. The molecule has 0 aliphatic heterocycles. The number of aliphatic hydroxyl groups is 4. The van der Waals surface area contributed by atoms with Crippen LogP contribution >= 0.6 is 7.82 Å². The van der Waals surface area contributed by atoms with Gasteiger partial charge in [0.25, 0.3) is 0 Å². The van der Waals surface area contributed by atoms with Crippen LogP contribution in [-0.4, -0.2) is 66.2 Å². The van der Waals surface area contributed by atoms with E-state index in [0.29, 0.717) is 0 Å². The Morgan fingerprint density at radius 1 is 1.24 bits per heavy atom. The molecule has 104 valence electrons. The van der Waals surface area contributed by atoms with Crippen LogP contribution in [0.15, 0.2) is 0 Å². The molecule has 0 aromatic rings. The van der Waals surface area contributed by atoms with Crippen LogP contribution in [0.3, 0.4) is 0 Å². The summed E-state index contributed by atoms with van der Waals surface area (Å²) in [4.78, 5) is 40.5. The molecular formula is C6H15O10P. The first-order chi connectivity index (χ1) is 7.45. The van der Waals surface area contributed by atoms with E-state index in [1.54, 1.807) is 0 Å². The first-order valence-corrected chi connectivity index (χ1v) is 5.41.